The van der Waals surface area contributed by atoms with Crippen molar-refractivity contribution in [1.29, 1.82) is 10.5 Å². The summed E-state index contributed by atoms with van der Waals surface area (Å²) in [6.07, 6.45) is 3.37. The van der Waals surface area contributed by atoms with Crippen molar-refractivity contribution in [2.75, 3.05) is 0 Å². The Hall–Kier alpha value is -3.78. The van der Waals surface area contributed by atoms with E-state index < -0.39 is 0 Å². The first-order valence-corrected chi connectivity index (χ1v) is 10.2. The molecule has 1 aliphatic carbocycles. The summed E-state index contributed by atoms with van der Waals surface area (Å²) in [5.41, 5.74) is 2.36. The lowest BCUT2D eigenvalue weighted by Gasteiger charge is -2.00. The Balaban J connectivity index is 1.63. The highest BCUT2D eigenvalue weighted by Crippen LogP contribution is 2.41. The van der Waals surface area contributed by atoms with Gasteiger partial charge in [-0.15, -0.1) is 22.7 Å². The van der Waals surface area contributed by atoms with Crippen molar-refractivity contribution in [1.82, 2.24) is 4.98 Å². The molecule has 1 aliphatic rings. The van der Waals surface area contributed by atoms with E-state index in [1.54, 1.807) is 59.2 Å². The first kappa shape index (κ1) is 17.3. The zero-order valence-electron chi connectivity index (χ0n) is 14.7. The summed E-state index contributed by atoms with van der Waals surface area (Å²) in [6.45, 7) is 0. The molecule has 5 nitrogen and oxygen atoms in total. The van der Waals surface area contributed by atoms with Crippen LogP contribution < -0.4 is 0 Å². The van der Waals surface area contributed by atoms with Crippen molar-refractivity contribution in [3.63, 3.8) is 0 Å². The predicted molar refractivity (Wildman–Crippen MR) is 112 cm³/mol. The minimum absolute atomic E-state index is 0.0889. The topological polar surface area (TPSA) is 90.7 Å². The lowest BCUT2D eigenvalue weighted by Crippen LogP contribution is -1.95. The second kappa shape index (κ2) is 6.68. The van der Waals surface area contributed by atoms with Gasteiger partial charge >= 0.3 is 0 Å². The molecule has 4 aromatic rings. The van der Waals surface area contributed by atoms with Gasteiger partial charge in [-0.1, -0.05) is 24.3 Å². The third-order valence-corrected chi connectivity index (χ3v) is 6.59. The summed E-state index contributed by atoms with van der Waals surface area (Å²) < 4.78 is 6.86. The van der Waals surface area contributed by atoms with E-state index in [4.69, 9.17) is 4.42 Å². The number of nitrogens with zero attached hydrogens (tertiary/aromatic N) is 3. The summed E-state index contributed by atoms with van der Waals surface area (Å²) in [5, 5.41) is 21.6. The maximum Gasteiger partial charge on any atom is 0.194 e. The summed E-state index contributed by atoms with van der Waals surface area (Å²) in [5.74, 6) is 0.280. The van der Waals surface area contributed by atoms with Crippen LogP contribution in [0.5, 0.6) is 0 Å². The molecular formula is C22H9N3O2S2. The Morgan fingerprint density at radius 1 is 1.14 bits per heavy atom. The molecule has 3 heterocycles. The lowest BCUT2D eigenvalue weighted by atomic mass is 9.99. The van der Waals surface area contributed by atoms with Crippen LogP contribution in [0.3, 0.4) is 0 Å². The maximum absolute atomic E-state index is 12.9. The van der Waals surface area contributed by atoms with E-state index in [-0.39, 0.29) is 11.4 Å². The van der Waals surface area contributed by atoms with E-state index in [0.29, 0.717) is 33.6 Å². The van der Waals surface area contributed by atoms with Crippen molar-refractivity contribution < 1.29 is 9.21 Å². The van der Waals surface area contributed by atoms with E-state index in [9.17, 15) is 15.3 Å². The molecule has 1 aromatic carbocycles. The first-order valence-electron chi connectivity index (χ1n) is 8.53. The number of furan rings is 1. The SMILES string of the molecule is N#CC(C#N)=C1/C(=C/c2cc3sc(-c4nccs4)cc3o2)C(=O)c2ccccc21. The fourth-order valence-electron chi connectivity index (χ4n) is 3.36. The number of thiophene rings is 1. The fraction of sp³-hybridized carbons (Fsp3) is 0. The van der Waals surface area contributed by atoms with Gasteiger partial charge in [0.15, 0.2) is 5.78 Å². The van der Waals surface area contributed by atoms with Crippen LogP contribution in [0.1, 0.15) is 21.7 Å². The first-order chi connectivity index (χ1) is 14.2. The number of carbonyl (C=O) groups is 1. The molecule has 0 saturated carbocycles. The fourth-order valence-corrected chi connectivity index (χ4v) is 5.10. The van der Waals surface area contributed by atoms with E-state index in [1.165, 1.54) is 0 Å². The van der Waals surface area contributed by atoms with Crippen molar-refractivity contribution >= 4 is 50.4 Å². The van der Waals surface area contributed by atoms with Gasteiger partial charge in [0, 0.05) is 40.4 Å². The molecule has 0 atom stereocenters. The second-order valence-electron chi connectivity index (χ2n) is 6.23. The largest absolute Gasteiger partial charge is 0.456 e. The zero-order valence-corrected chi connectivity index (χ0v) is 16.3. The van der Waals surface area contributed by atoms with Gasteiger partial charge in [-0.2, -0.15) is 10.5 Å². The number of benzene rings is 1. The van der Waals surface area contributed by atoms with Gasteiger partial charge in [0.1, 0.15) is 34.1 Å². The van der Waals surface area contributed by atoms with Gasteiger partial charge in [0.05, 0.1) is 9.58 Å². The molecule has 7 heteroatoms. The normalized spacial score (nSPS) is 14.2. The number of allylic oxidation sites excluding steroid dienone is 3. The molecule has 0 spiro atoms. The molecule has 0 N–H and O–H groups in total. The molecule has 0 amide bonds. The Morgan fingerprint density at radius 3 is 2.62 bits per heavy atom. The minimum atomic E-state index is -0.221. The summed E-state index contributed by atoms with van der Waals surface area (Å²) in [6, 6.07) is 14.6. The average molecular weight is 411 g/mol. The van der Waals surface area contributed by atoms with Crippen LogP contribution in [-0.2, 0) is 0 Å². The van der Waals surface area contributed by atoms with Crippen molar-refractivity contribution in [3.05, 3.63) is 76.0 Å². The highest BCUT2D eigenvalue weighted by Gasteiger charge is 2.32. The van der Waals surface area contributed by atoms with E-state index in [2.05, 4.69) is 4.98 Å². The molecule has 29 heavy (non-hydrogen) atoms. The number of nitriles is 2. The maximum atomic E-state index is 12.9. The molecule has 0 aliphatic heterocycles. The minimum Gasteiger partial charge on any atom is -0.456 e. The van der Waals surface area contributed by atoms with E-state index in [0.717, 1.165) is 14.6 Å². The zero-order chi connectivity index (χ0) is 20.0. The Labute approximate surface area is 173 Å². The number of hydrogen-bond donors (Lipinski definition) is 0. The van der Waals surface area contributed by atoms with Crippen LogP contribution in [0, 0.1) is 22.7 Å². The summed E-state index contributed by atoms with van der Waals surface area (Å²) >= 11 is 3.12. The van der Waals surface area contributed by atoms with Gasteiger partial charge in [0.25, 0.3) is 0 Å². The van der Waals surface area contributed by atoms with Crippen molar-refractivity contribution in [2.45, 2.75) is 0 Å². The number of thiazole rings is 1. The van der Waals surface area contributed by atoms with Gasteiger partial charge in [-0.05, 0) is 11.6 Å². The monoisotopic (exact) mass is 411 g/mol. The molecule has 5 rings (SSSR count). The number of ketones is 1. The van der Waals surface area contributed by atoms with Crippen LogP contribution in [0.25, 0.3) is 31.8 Å². The number of fused-ring (bicyclic) bond motifs is 2. The summed E-state index contributed by atoms with van der Waals surface area (Å²) in [4.78, 5) is 18.3. The number of rotatable bonds is 2. The second-order valence-corrected chi connectivity index (χ2v) is 8.21. The molecule has 0 saturated heterocycles. The van der Waals surface area contributed by atoms with Gasteiger partial charge in [-0.3, -0.25) is 4.79 Å². The van der Waals surface area contributed by atoms with Crippen molar-refractivity contribution in [3.8, 4) is 22.0 Å². The van der Waals surface area contributed by atoms with Gasteiger partial charge in [-0.25, -0.2) is 4.98 Å². The van der Waals surface area contributed by atoms with Crippen LogP contribution in [-0.4, -0.2) is 10.8 Å². The van der Waals surface area contributed by atoms with Gasteiger partial charge < -0.3 is 4.42 Å². The van der Waals surface area contributed by atoms with Crippen LogP contribution in [0.15, 0.2) is 63.5 Å². The predicted octanol–water partition coefficient (Wildman–Crippen LogP) is 5.70. The highest BCUT2D eigenvalue weighted by atomic mass is 32.1. The Morgan fingerprint density at radius 2 is 1.93 bits per heavy atom. The third-order valence-electron chi connectivity index (χ3n) is 4.58. The van der Waals surface area contributed by atoms with Crippen molar-refractivity contribution in [2.24, 2.45) is 0 Å². The Kier molecular flexibility index (Phi) is 3.99. The quantitative estimate of drug-likeness (QED) is 0.312. The molecule has 136 valence electrons. The highest BCUT2D eigenvalue weighted by molar-refractivity contribution is 7.25. The molecule has 3 aromatic heterocycles. The average Bonchev–Trinajstić information content (AvgIpc) is 3.49. The number of hydrogen-bond acceptors (Lipinski definition) is 7. The smallest absolute Gasteiger partial charge is 0.194 e. The number of carbonyl (C=O) groups excluding carboxylic acids is 1. The van der Waals surface area contributed by atoms with E-state index >= 15 is 0 Å². The molecule has 0 radical (unpaired) electrons. The third kappa shape index (κ3) is 2.73. The van der Waals surface area contributed by atoms with Crippen LogP contribution >= 0.6 is 22.7 Å². The van der Waals surface area contributed by atoms with E-state index in [1.807, 2.05) is 29.7 Å². The summed E-state index contributed by atoms with van der Waals surface area (Å²) in [7, 11) is 0. The van der Waals surface area contributed by atoms with Crippen LogP contribution in [0.2, 0.25) is 0 Å². The standard InChI is InChI=1S/C22H9N3O2S2/c23-10-12(11-24)20-14-3-1-2-4-15(14)21(26)16(20)7-13-8-18-17(27-13)9-19(29-18)22-25-5-6-28-22/h1-9H/b16-7-. The Bertz CT molecular complexity index is 1390. The molecule has 0 fully saturated rings. The molecule has 0 unspecified atom stereocenters. The molecular weight excluding hydrogens is 402 g/mol. The van der Waals surface area contributed by atoms with Crippen LogP contribution in [0.4, 0.5) is 0 Å². The lowest BCUT2D eigenvalue weighted by molar-refractivity contribution is 0.104. The number of Topliss-reactive ketones (excluding diaryl/α,β-unsaturated/α-hetero) is 1. The van der Waals surface area contributed by atoms with Gasteiger partial charge in [0.2, 0.25) is 0 Å². The molecule has 0 bridgehead atoms. The number of aromatic nitrogens is 1.